The van der Waals surface area contributed by atoms with Crippen molar-refractivity contribution in [1.29, 1.82) is 0 Å². The molecule has 0 aromatic heterocycles. The molecule has 6 heteroatoms. The van der Waals surface area contributed by atoms with Gasteiger partial charge in [-0.15, -0.1) is 0 Å². The molecule has 1 saturated heterocycles. The number of ether oxygens (including phenoxy) is 1. The van der Waals surface area contributed by atoms with Crippen molar-refractivity contribution in [1.82, 2.24) is 9.80 Å². The Labute approximate surface area is 185 Å². The Morgan fingerprint density at radius 2 is 1.84 bits per heavy atom. The van der Waals surface area contributed by atoms with E-state index >= 15 is 0 Å². The second-order valence-corrected chi connectivity index (χ2v) is 9.81. The lowest BCUT2D eigenvalue weighted by molar-refractivity contribution is -0.137. The van der Waals surface area contributed by atoms with Gasteiger partial charge in [-0.2, -0.15) is 0 Å². The van der Waals surface area contributed by atoms with Gasteiger partial charge in [0, 0.05) is 37.6 Å². The van der Waals surface area contributed by atoms with E-state index in [2.05, 4.69) is 30.0 Å². The number of rotatable bonds is 7. The average Bonchev–Trinajstić information content (AvgIpc) is 3.47. The summed E-state index contributed by atoms with van der Waals surface area (Å²) in [6, 6.07) is 10.6. The molecule has 1 saturated carbocycles. The molecule has 1 aromatic carbocycles. The lowest BCUT2D eigenvalue weighted by Crippen LogP contribution is -2.50. The summed E-state index contributed by atoms with van der Waals surface area (Å²) in [7, 11) is 0. The third-order valence-electron chi connectivity index (χ3n) is 6.09. The molecule has 0 radical (unpaired) electrons. The highest BCUT2D eigenvalue weighted by Crippen LogP contribution is 2.44. The van der Waals surface area contributed by atoms with Crippen LogP contribution < -0.4 is 0 Å². The van der Waals surface area contributed by atoms with Gasteiger partial charge in [-0.1, -0.05) is 42.0 Å². The first-order valence-electron chi connectivity index (χ1n) is 11.3. The zero-order valence-electron chi connectivity index (χ0n) is 19.2. The Morgan fingerprint density at radius 1 is 1.19 bits per heavy atom. The number of amides is 1. The highest BCUT2D eigenvalue weighted by Gasteiger charge is 2.48. The maximum atomic E-state index is 13.2. The maximum absolute atomic E-state index is 13.2. The molecule has 170 valence electrons. The molecule has 3 rings (SSSR count). The summed E-state index contributed by atoms with van der Waals surface area (Å²) in [4.78, 5) is 28.2. The van der Waals surface area contributed by atoms with Crippen LogP contribution in [-0.2, 0) is 9.53 Å². The van der Waals surface area contributed by atoms with Crippen LogP contribution in [-0.4, -0.2) is 64.3 Å². The van der Waals surface area contributed by atoms with E-state index in [9.17, 15) is 9.59 Å². The number of hydrogen-bond acceptors (Lipinski definition) is 4. The van der Waals surface area contributed by atoms with Crippen LogP contribution in [0, 0.1) is 5.92 Å². The van der Waals surface area contributed by atoms with Gasteiger partial charge < -0.3 is 19.6 Å². The Morgan fingerprint density at radius 3 is 2.42 bits per heavy atom. The van der Waals surface area contributed by atoms with Gasteiger partial charge in [0.05, 0.1) is 6.42 Å². The van der Waals surface area contributed by atoms with Crippen LogP contribution in [0.15, 0.2) is 35.9 Å². The van der Waals surface area contributed by atoms with Crippen LogP contribution in [0.4, 0.5) is 4.79 Å². The molecule has 6 nitrogen and oxygen atoms in total. The molecule has 31 heavy (non-hydrogen) atoms. The van der Waals surface area contributed by atoms with E-state index in [4.69, 9.17) is 9.84 Å². The van der Waals surface area contributed by atoms with Gasteiger partial charge in [0.1, 0.15) is 5.60 Å². The summed E-state index contributed by atoms with van der Waals surface area (Å²) >= 11 is 0. The monoisotopic (exact) mass is 428 g/mol. The summed E-state index contributed by atoms with van der Waals surface area (Å²) in [5.41, 5.74) is 1.95. The Balaban J connectivity index is 1.68. The molecule has 1 aliphatic carbocycles. The van der Waals surface area contributed by atoms with Gasteiger partial charge in [0.2, 0.25) is 0 Å². The number of nitrogens with zero attached hydrogens (tertiary/aromatic N) is 2. The number of benzene rings is 1. The molecule has 1 N–H and O–H groups in total. The number of piperidine rings is 1. The third-order valence-corrected chi connectivity index (χ3v) is 6.09. The van der Waals surface area contributed by atoms with E-state index < -0.39 is 11.6 Å². The highest BCUT2D eigenvalue weighted by atomic mass is 16.6. The van der Waals surface area contributed by atoms with Crippen LogP contribution >= 0.6 is 0 Å². The predicted octanol–water partition coefficient (Wildman–Crippen LogP) is 4.65. The molecule has 2 fully saturated rings. The maximum Gasteiger partial charge on any atom is 0.410 e. The fourth-order valence-electron chi connectivity index (χ4n) is 4.44. The third kappa shape index (κ3) is 6.82. The molecule has 1 amide bonds. The highest BCUT2D eigenvalue weighted by molar-refractivity contribution is 5.70. The summed E-state index contributed by atoms with van der Waals surface area (Å²) in [6.07, 6.45) is 4.82. The minimum Gasteiger partial charge on any atom is -0.481 e. The zero-order chi connectivity index (χ0) is 22.6. The summed E-state index contributed by atoms with van der Waals surface area (Å²) in [5.74, 6) is -0.406. The van der Waals surface area contributed by atoms with Crippen LogP contribution in [0.1, 0.15) is 58.9 Å². The summed E-state index contributed by atoms with van der Waals surface area (Å²) in [6.45, 7) is 10.1. The number of carbonyl (C=O) groups is 2. The molecular formula is C25H36N2O4. The van der Waals surface area contributed by atoms with Crippen LogP contribution in [0.5, 0.6) is 0 Å². The van der Waals surface area contributed by atoms with Crippen LogP contribution in [0.2, 0.25) is 0 Å². The van der Waals surface area contributed by atoms with Crippen molar-refractivity contribution in [3.63, 3.8) is 0 Å². The topological polar surface area (TPSA) is 70.1 Å². The standard InChI is InChI=1S/C25H36N2O4/c1-18(16-19-8-6-5-7-9-19)21-17-22(21)27(24(30)31-25(2,3)4)20-10-13-26(14-11-20)15-12-23(28)29/h5-9,16,20-22H,10-15,17H2,1-4H3,(H,28,29)/b18-16+. The Kier molecular flexibility index (Phi) is 7.42. The fraction of sp³-hybridized carbons (Fsp3) is 0.600. The minimum atomic E-state index is -0.765. The molecular weight excluding hydrogens is 392 g/mol. The first kappa shape index (κ1) is 23.3. The van der Waals surface area contributed by atoms with Crippen molar-refractivity contribution in [2.45, 2.75) is 71.1 Å². The van der Waals surface area contributed by atoms with Crippen LogP contribution in [0.3, 0.4) is 0 Å². The molecule has 1 aromatic rings. The SMILES string of the molecule is C/C(=C\c1ccccc1)C1CC1N(C(=O)OC(C)(C)C)C1CCN(CCC(=O)O)CC1. The first-order chi connectivity index (χ1) is 14.6. The van der Waals surface area contributed by atoms with E-state index in [1.807, 2.05) is 43.9 Å². The predicted molar refractivity (Wildman–Crippen MR) is 122 cm³/mol. The van der Waals surface area contributed by atoms with Crippen molar-refractivity contribution in [2.75, 3.05) is 19.6 Å². The minimum absolute atomic E-state index is 0.135. The van der Waals surface area contributed by atoms with Gasteiger partial charge in [-0.3, -0.25) is 4.79 Å². The summed E-state index contributed by atoms with van der Waals surface area (Å²) < 4.78 is 5.78. The Hall–Kier alpha value is -2.34. The van der Waals surface area contributed by atoms with Gasteiger partial charge in [0.15, 0.2) is 0 Å². The van der Waals surface area contributed by atoms with Crippen molar-refractivity contribution in [3.05, 3.63) is 41.5 Å². The first-order valence-corrected chi connectivity index (χ1v) is 11.3. The van der Waals surface area contributed by atoms with E-state index in [-0.39, 0.29) is 24.6 Å². The van der Waals surface area contributed by atoms with E-state index in [0.29, 0.717) is 12.5 Å². The number of hydrogen-bond donors (Lipinski definition) is 1. The van der Waals surface area contributed by atoms with Crippen molar-refractivity contribution in [3.8, 4) is 0 Å². The van der Waals surface area contributed by atoms with Crippen molar-refractivity contribution >= 4 is 18.1 Å². The summed E-state index contributed by atoms with van der Waals surface area (Å²) in [5, 5.41) is 8.93. The molecule has 1 heterocycles. The number of aliphatic carboxylic acids is 1. The molecule has 0 bridgehead atoms. The zero-order valence-corrected chi connectivity index (χ0v) is 19.2. The lowest BCUT2D eigenvalue weighted by atomic mass is 10.0. The number of carbonyl (C=O) groups excluding carboxylic acids is 1. The smallest absolute Gasteiger partial charge is 0.410 e. The number of carboxylic acid groups (broad SMARTS) is 1. The van der Waals surface area contributed by atoms with E-state index in [1.165, 1.54) is 11.1 Å². The lowest BCUT2D eigenvalue weighted by Gasteiger charge is -2.39. The van der Waals surface area contributed by atoms with Gasteiger partial charge in [-0.05, 0) is 52.5 Å². The van der Waals surface area contributed by atoms with E-state index in [0.717, 1.165) is 32.4 Å². The molecule has 1 aliphatic heterocycles. The number of likely N-dealkylation sites (tertiary alicyclic amines) is 1. The molecule has 0 spiro atoms. The molecule has 2 atom stereocenters. The Bertz CT molecular complexity index is 791. The van der Waals surface area contributed by atoms with E-state index in [1.54, 1.807) is 0 Å². The molecule has 2 aliphatic rings. The molecule has 2 unspecified atom stereocenters. The van der Waals surface area contributed by atoms with Crippen molar-refractivity contribution < 1.29 is 19.4 Å². The fourth-order valence-corrected chi connectivity index (χ4v) is 4.44. The van der Waals surface area contributed by atoms with Gasteiger partial charge in [-0.25, -0.2) is 4.79 Å². The number of carboxylic acids is 1. The largest absolute Gasteiger partial charge is 0.481 e. The average molecular weight is 429 g/mol. The van der Waals surface area contributed by atoms with Crippen molar-refractivity contribution in [2.24, 2.45) is 5.92 Å². The van der Waals surface area contributed by atoms with Crippen LogP contribution in [0.25, 0.3) is 6.08 Å². The quantitative estimate of drug-likeness (QED) is 0.684. The van der Waals surface area contributed by atoms with Gasteiger partial charge >= 0.3 is 12.1 Å². The second-order valence-electron chi connectivity index (χ2n) is 9.81. The van der Waals surface area contributed by atoms with Gasteiger partial charge in [0.25, 0.3) is 0 Å². The second kappa shape index (κ2) is 9.86. The normalized spacial score (nSPS) is 22.8.